The van der Waals surface area contributed by atoms with Gasteiger partial charge in [0.1, 0.15) is 6.61 Å². The molecule has 0 aliphatic heterocycles. The molecule has 1 aromatic carbocycles. The Morgan fingerprint density at radius 1 is 1.30 bits per heavy atom. The van der Waals surface area contributed by atoms with Gasteiger partial charge in [-0.1, -0.05) is 30.3 Å². The highest BCUT2D eigenvalue weighted by Gasteiger charge is 2.03. The van der Waals surface area contributed by atoms with Gasteiger partial charge in [0.2, 0.25) is 0 Å². The van der Waals surface area contributed by atoms with E-state index in [0.717, 1.165) is 5.56 Å². The van der Waals surface area contributed by atoms with Crippen LogP contribution in [0.2, 0.25) is 0 Å². The van der Waals surface area contributed by atoms with Gasteiger partial charge < -0.3 is 0 Å². The first-order valence-electron chi connectivity index (χ1n) is 3.11. The van der Waals surface area contributed by atoms with Gasteiger partial charge >= 0.3 is 0 Å². The van der Waals surface area contributed by atoms with E-state index in [1.165, 1.54) is 0 Å². The Kier molecular flexibility index (Phi) is 2.72. The van der Waals surface area contributed by atoms with Gasteiger partial charge in [0.25, 0.3) is 0 Å². The Balaban J connectivity index is 2.75. The molecule has 0 amide bonds. The van der Waals surface area contributed by atoms with Crippen LogP contribution in [0.1, 0.15) is 10.9 Å². The molecule has 1 aromatic rings. The van der Waals surface area contributed by atoms with Gasteiger partial charge in [-0.3, -0.25) is 0 Å². The minimum atomic E-state index is -0.374. The van der Waals surface area contributed by atoms with Crippen molar-refractivity contribution in [2.45, 2.75) is 5.38 Å². The van der Waals surface area contributed by atoms with Crippen molar-refractivity contribution in [2.75, 3.05) is 6.61 Å². The zero-order valence-electron chi connectivity index (χ0n) is 5.46. The number of halogens is 1. The summed E-state index contributed by atoms with van der Waals surface area (Å²) >= 11 is 5.68. The van der Waals surface area contributed by atoms with Crippen LogP contribution < -0.4 is 0 Å². The largest absolute Gasteiger partial charge is 0.235 e. The van der Waals surface area contributed by atoms with E-state index < -0.39 is 0 Å². The second-order valence-electron chi connectivity index (χ2n) is 2.04. The van der Waals surface area contributed by atoms with Crippen LogP contribution in [0, 0.1) is 0 Å². The number of benzene rings is 1. The van der Waals surface area contributed by atoms with Crippen LogP contribution in [0.25, 0.3) is 0 Å². The highest BCUT2D eigenvalue weighted by Crippen LogP contribution is 2.18. The van der Waals surface area contributed by atoms with E-state index in [0.29, 0.717) is 0 Å². The fourth-order valence-corrected chi connectivity index (χ4v) is 0.904. The van der Waals surface area contributed by atoms with E-state index in [1.807, 2.05) is 30.3 Å². The predicted octanol–water partition coefficient (Wildman–Crippen LogP) is 2.40. The maximum atomic E-state index is 10.3. The third-order valence-electron chi connectivity index (χ3n) is 1.31. The molecule has 0 aliphatic carbocycles. The number of alkyl halides is 1. The second-order valence-corrected chi connectivity index (χ2v) is 2.57. The molecule has 1 radical (unpaired) electrons. The molecule has 0 saturated heterocycles. The van der Waals surface area contributed by atoms with Gasteiger partial charge in [0.15, 0.2) is 0 Å². The summed E-state index contributed by atoms with van der Waals surface area (Å²) in [5.74, 6) is 0. The van der Waals surface area contributed by atoms with E-state index in [9.17, 15) is 5.11 Å². The van der Waals surface area contributed by atoms with Crippen molar-refractivity contribution < 1.29 is 5.11 Å². The molecule has 1 rings (SSSR count). The van der Waals surface area contributed by atoms with Gasteiger partial charge in [0.05, 0.1) is 5.38 Å². The van der Waals surface area contributed by atoms with Crippen LogP contribution in [-0.4, -0.2) is 6.61 Å². The van der Waals surface area contributed by atoms with Gasteiger partial charge in [-0.25, -0.2) is 5.11 Å². The van der Waals surface area contributed by atoms with Crippen LogP contribution in [0.5, 0.6) is 0 Å². The summed E-state index contributed by atoms with van der Waals surface area (Å²) < 4.78 is 0. The summed E-state index contributed by atoms with van der Waals surface area (Å²) in [4.78, 5) is 0. The number of hydrogen-bond acceptors (Lipinski definition) is 0. The average molecular weight is 156 g/mol. The van der Waals surface area contributed by atoms with Crippen molar-refractivity contribution in [3.8, 4) is 0 Å². The van der Waals surface area contributed by atoms with Crippen LogP contribution in [0.3, 0.4) is 0 Å². The van der Waals surface area contributed by atoms with Crippen molar-refractivity contribution in [1.29, 1.82) is 0 Å². The van der Waals surface area contributed by atoms with E-state index in [-0.39, 0.29) is 12.0 Å². The molecule has 0 spiro atoms. The molecule has 0 fully saturated rings. The zero-order chi connectivity index (χ0) is 7.40. The number of hydrogen-bond donors (Lipinski definition) is 0. The highest BCUT2D eigenvalue weighted by molar-refractivity contribution is 6.20. The molecule has 0 bridgehead atoms. The van der Waals surface area contributed by atoms with Gasteiger partial charge in [-0.2, -0.15) is 0 Å². The first-order chi connectivity index (χ1) is 4.84. The molecule has 1 atom stereocenters. The molecule has 0 aromatic heterocycles. The lowest BCUT2D eigenvalue weighted by molar-refractivity contribution is 0.193. The van der Waals surface area contributed by atoms with Gasteiger partial charge in [0, 0.05) is 0 Å². The zero-order valence-corrected chi connectivity index (χ0v) is 6.21. The molecule has 0 heterocycles. The molecule has 1 unspecified atom stereocenters. The fraction of sp³-hybridized carbons (Fsp3) is 0.250. The van der Waals surface area contributed by atoms with Crippen LogP contribution in [-0.2, 0) is 5.11 Å². The average Bonchev–Trinajstić information content (AvgIpc) is 2.05. The van der Waals surface area contributed by atoms with Crippen molar-refractivity contribution in [2.24, 2.45) is 0 Å². The van der Waals surface area contributed by atoms with E-state index in [4.69, 9.17) is 11.6 Å². The maximum absolute atomic E-state index is 10.3. The smallest absolute Gasteiger partial charge is 0.103 e. The summed E-state index contributed by atoms with van der Waals surface area (Å²) in [7, 11) is 0. The summed E-state index contributed by atoms with van der Waals surface area (Å²) in [6, 6.07) is 9.36. The van der Waals surface area contributed by atoms with Gasteiger partial charge in [-0.15, -0.1) is 11.6 Å². The SMILES string of the molecule is [O]CC(Cl)c1ccccc1. The summed E-state index contributed by atoms with van der Waals surface area (Å²) in [6.45, 7) is -0.258. The third-order valence-corrected chi connectivity index (χ3v) is 1.69. The molecule has 2 heteroatoms. The molecular formula is C8H8ClO. The van der Waals surface area contributed by atoms with E-state index in [2.05, 4.69) is 0 Å². The lowest BCUT2D eigenvalue weighted by Crippen LogP contribution is -1.92. The quantitative estimate of drug-likeness (QED) is 0.585. The molecule has 10 heavy (non-hydrogen) atoms. The highest BCUT2D eigenvalue weighted by atomic mass is 35.5. The van der Waals surface area contributed by atoms with Crippen LogP contribution in [0.15, 0.2) is 30.3 Å². The minimum absolute atomic E-state index is 0.258. The Hall–Kier alpha value is -0.530. The first-order valence-corrected chi connectivity index (χ1v) is 3.55. The Morgan fingerprint density at radius 2 is 1.90 bits per heavy atom. The van der Waals surface area contributed by atoms with Crippen molar-refractivity contribution in [1.82, 2.24) is 0 Å². The molecule has 1 nitrogen and oxygen atoms in total. The fourth-order valence-electron chi connectivity index (χ4n) is 0.758. The standard InChI is InChI=1S/C8H8ClO/c9-8(6-10)7-4-2-1-3-5-7/h1-5,8H,6H2. The van der Waals surface area contributed by atoms with Crippen molar-refractivity contribution in [3.05, 3.63) is 35.9 Å². The molecule has 0 aliphatic rings. The predicted molar refractivity (Wildman–Crippen MR) is 40.6 cm³/mol. The van der Waals surface area contributed by atoms with E-state index >= 15 is 0 Å². The molecule has 0 N–H and O–H groups in total. The minimum Gasteiger partial charge on any atom is -0.235 e. The molecular weight excluding hydrogens is 148 g/mol. The summed E-state index contributed by atoms with van der Waals surface area (Å²) in [6.07, 6.45) is 0. The summed E-state index contributed by atoms with van der Waals surface area (Å²) in [5.41, 5.74) is 0.902. The normalized spacial score (nSPS) is 13.0. The van der Waals surface area contributed by atoms with E-state index in [1.54, 1.807) is 0 Å². The first kappa shape index (κ1) is 7.58. The number of rotatable bonds is 2. The van der Waals surface area contributed by atoms with Crippen LogP contribution in [0.4, 0.5) is 0 Å². The Labute approximate surface area is 65.3 Å². The van der Waals surface area contributed by atoms with Crippen molar-refractivity contribution >= 4 is 11.6 Å². The molecule has 0 saturated carbocycles. The summed E-state index contributed by atoms with van der Waals surface area (Å²) in [5, 5.41) is 9.92. The van der Waals surface area contributed by atoms with Crippen molar-refractivity contribution in [3.63, 3.8) is 0 Å². The maximum Gasteiger partial charge on any atom is 0.103 e. The monoisotopic (exact) mass is 155 g/mol. The second kappa shape index (κ2) is 3.59. The Bertz CT molecular complexity index is 186. The van der Waals surface area contributed by atoms with Gasteiger partial charge in [-0.05, 0) is 5.56 Å². The topological polar surface area (TPSA) is 19.9 Å². The lowest BCUT2D eigenvalue weighted by Gasteiger charge is -2.02. The Morgan fingerprint density at radius 3 is 2.40 bits per heavy atom. The third kappa shape index (κ3) is 1.72. The van der Waals surface area contributed by atoms with Crippen LogP contribution >= 0.6 is 11.6 Å². The molecule has 53 valence electrons. The lowest BCUT2D eigenvalue weighted by atomic mass is 10.2.